The number of nitrogens with zero attached hydrogens (tertiary/aromatic N) is 2. The zero-order valence-electron chi connectivity index (χ0n) is 17.5. The number of alkyl halides is 3. The average molecular weight is 454 g/mol. The van der Waals surface area contributed by atoms with Crippen LogP contribution in [0.1, 0.15) is 27.7 Å². The Morgan fingerprint density at radius 2 is 1.80 bits per heavy atom. The molecular weight excluding hydrogens is 428 g/mol. The maximum absolute atomic E-state index is 13.9. The molecule has 6 nitrogen and oxygen atoms in total. The van der Waals surface area contributed by atoms with Crippen LogP contribution in [0.3, 0.4) is 0 Å². The zero-order valence-corrected chi connectivity index (χ0v) is 18.3. The predicted molar refractivity (Wildman–Crippen MR) is 104 cm³/mol. The van der Waals surface area contributed by atoms with Crippen molar-refractivity contribution in [2.24, 2.45) is 5.92 Å². The lowest BCUT2D eigenvalue weighted by atomic mass is 9.99. The number of hydrogen-bond acceptors (Lipinski definition) is 5. The first-order valence-corrected chi connectivity index (χ1v) is 11.2. The molecule has 1 amide bonds. The fraction of sp³-hybridized carbons (Fsp3) is 0.632. The third kappa shape index (κ3) is 5.16. The van der Waals surface area contributed by atoms with Crippen molar-refractivity contribution in [3.05, 3.63) is 24.0 Å². The fourth-order valence-electron chi connectivity index (χ4n) is 3.15. The van der Waals surface area contributed by atoms with Crippen molar-refractivity contribution in [3.63, 3.8) is 0 Å². The van der Waals surface area contributed by atoms with Gasteiger partial charge < -0.3 is 14.5 Å². The topological polar surface area (TPSA) is 66.9 Å². The molecule has 1 heterocycles. The van der Waals surface area contributed by atoms with Crippen LogP contribution in [-0.4, -0.2) is 63.1 Å². The van der Waals surface area contributed by atoms with E-state index in [-0.39, 0.29) is 25.6 Å². The van der Waals surface area contributed by atoms with Crippen LogP contribution in [-0.2, 0) is 14.6 Å². The Labute approximate surface area is 173 Å². The van der Waals surface area contributed by atoms with Gasteiger partial charge in [-0.25, -0.2) is 17.6 Å². The molecule has 0 N–H and O–H groups in total. The number of hydrogen-bond donors (Lipinski definition) is 0. The van der Waals surface area contributed by atoms with Crippen molar-refractivity contribution in [1.82, 2.24) is 4.90 Å². The third-order valence-electron chi connectivity index (χ3n) is 5.13. The zero-order chi connectivity index (χ0) is 23.1. The molecule has 1 atom stereocenters. The van der Waals surface area contributed by atoms with Crippen LogP contribution in [0.5, 0.6) is 0 Å². The van der Waals surface area contributed by atoms with E-state index in [0.29, 0.717) is 5.69 Å². The summed E-state index contributed by atoms with van der Waals surface area (Å²) >= 11 is 0. The first kappa shape index (κ1) is 24.2. The van der Waals surface area contributed by atoms with Crippen LogP contribution >= 0.6 is 0 Å². The summed E-state index contributed by atoms with van der Waals surface area (Å²) in [6.45, 7) is 5.73. The molecule has 30 heavy (non-hydrogen) atoms. The van der Waals surface area contributed by atoms with Gasteiger partial charge in [0.25, 0.3) is 0 Å². The number of benzene rings is 1. The molecule has 2 rings (SSSR count). The Morgan fingerprint density at radius 1 is 1.20 bits per heavy atom. The smallest absolute Gasteiger partial charge is 0.427 e. The monoisotopic (exact) mass is 454 g/mol. The first-order valence-electron chi connectivity index (χ1n) is 9.35. The van der Waals surface area contributed by atoms with E-state index in [1.165, 1.54) is 17.0 Å². The molecule has 11 heteroatoms. The Hall–Kier alpha value is -2.04. The van der Waals surface area contributed by atoms with Crippen molar-refractivity contribution in [1.29, 1.82) is 0 Å². The highest BCUT2D eigenvalue weighted by molar-refractivity contribution is 7.90. The minimum absolute atomic E-state index is 0.0706. The molecule has 1 saturated heterocycles. The Kier molecular flexibility index (Phi) is 6.65. The van der Waals surface area contributed by atoms with E-state index in [1.807, 2.05) is 13.8 Å². The number of anilines is 1. The van der Waals surface area contributed by atoms with E-state index in [1.54, 1.807) is 4.90 Å². The van der Waals surface area contributed by atoms with Gasteiger partial charge in [0.2, 0.25) is 5.60 Å². The predicted octanol–water partition coefficient (Wildman–Crippen LogP) is 3.85. The lowest BCUT2D eigenvalue weighted by Crippen LogP contribution is -2.59. The fourth-order valence-corrected chi connectivity index (χ4v) is 3.91. The number of halogens is 4. The number of carbonyl (C=O) groups is 1. The molecule has 170 valence electrons. The van der Waals surface area contributed by atoms with E-state index in [2.05, 4.69) is 0 Å². The van der Waals surface area contributed by atoms with E-state index >= 15 is 0 Å². The molecule has 0 saturated carbocycles. The molecule has 1 aliphatic rings. The quantitative estimate of drug-likeness (QED) is 0.647. The lowest BCUT2D eigenvalue weighted by molar-refractivity contribution is -0.246. The largest absolute Gasteiger partial charge is 0.434 e. The first-order chi connectivity index (χ1) is 13.5. The number of amides is 1. The van der Waals surface area contributed by atoms with Gasteiger partial charge >= 0.3 is 12.3 Å². The molecule has 1 aromatic carbocycles. The van der Waals surface area contributed by atoms with Crippen molar-refractivity contribution in [3.8, 4) is 0 Å². The maximum Gasteiger partial charge on any atom is 0.427 e. The summed E-state index contributed by atoms with van der Waals surface area (Å²) < 4.78 is 81.5. The summed E-state index contributed by atoms with van der Waals surface area (Å²) in [6, 6.07) is 3.23. The minimum atomic E-state index is -4.71. The Morgan fingerprint density at radius 3 is 2.30 bits per heavy atom. The number of sulfone groups is 1. The van der Waals surface area contributed by atoms with Gasteiger partial charge in [-0.2, -0.15) is 13.2 Å². The number of ether oxygens (including phenoxy) is 1. The van der Waals surface area contributed by atoms with Gasteiger partial charge in [0.15, 0.2) is 9.84 Å². The molecule has 0 aromatic heterocycles. The van der Waals surface area contributed by atoms with Crippen LogP contribution in [0.25, 0.3) is 0 Å². The molecule has 0 bridgehead atoms. The highest BCUT2D eigenvalue weighted by Crippen LogP contribution is 2.34. The second-order valence-electron chi connectivity index (χ2n) is 8.21. The van der Waals surface area contributed by atoms with E-state index in [4.69, 9.17) is 4.74 Å². The van der Waals surface area contributed by atoms with Gasteiger partial charge in [0.05, 0.1) is 6.04 Å². The van der Waals surface area contributed by atoms with Crippen LogP contribution in [0.2, 0.25) is 0 Å². The number of piperazine rings is 1. The van der Waals surface area contributed by atoms with Gasteiger partial charge in [0, 0.05) is 31.6 Å². The van der Waals surface area contributed by atoms with Gasteiger partial charge in [-0.1, -0.05) is 13.8 Å². The van der Waals surface area contributed by atoms with Crippen LogP contribution in [0, 0.1) is 11.7 Å². The molecular formula is C19H26F4N2O4S. The summed E-state index contributed by atoms with van der Waals surface area (Å²) in [7, 11) is -3.78. The second kappa shape index (κ2) is 8.24. The molecule has 0 radical (unpaired) electrons. The van der Waals surface area contributed by atoms with Crippen LogP contribution < -0.4 is 4.90 Å². The van der Waals surface area contributed by atoms with E-state index in [0.717, 1.165) is 26.2 Å². The third-order valence-corrected chi connectivity index (χ3v) is 6.24. The molecule has 1 fully saturated rings. The van der Waals surface area contributed by atoms with Gasteiger partial charge in [-0.05, 0) is 38.0 Å². The molecule has 1 aliphatic heterocycles. The van der Waals surface area contributed by atoms with Crippen LogP contribution in [0.15, 0.2) is 23.1 Å². The maximum atomic E-state index is 13.9. The van der Waals surface area contributed by atoms with Gasteiger partial charge in [0.1, 0.15) is 10.7 Å². The summed E-state index contributed by atoms with van der Waals surface area (Å²) in [6.07, 6.45) is -4.87. The number of rotatable bonds is 4. The SMILES string of the molecule is CC(C)[C@@H]1CN(c2ccc(F)c(S(C)(=O)=O)c2)CCN1C(=O)OC(C)(C)C(F)(F)F. The molecule has 0 unspecified atom stereocenters. The molecule has 0 spiro atoms. The summed E-state index contributed by atoms with van der Waals surface area (Å²) in [5, 5.41) is 0. The van der Waals surface area contributed by atoms with Gasteiger partial charge in [-0.3, -0.25) is 0 Å². The van der Waals surface area contributed by atoms with Crippen molar-refractivity contribution in [2.45, 2.75) is 50.4 Å². The molecule has 0 aliphatic carbocycles. The van der Waals surface area contributed by atoms with Crippen LogP contribution in [0.4, 0.5) is 28.0 Å². The Bertz CT molecular complexity index is 900. The molecule has 1 aromatic rings. The Balaban J connectivity index is 2.25. The number of carbonyl (C=O) groups excluding carboxylic acids is 1. The highest BCUT2D eigenvalue weighted by atomic mass is 32.2. The normalized spacial score (nSPS) is 18.7. The lowest BCUT2D eigenvalue weighted by Gasteiger charge is -2.44. The summed E-state index contributed by atoms with van der Waals surface area (Å²) in [5.74, 6) is -0.984. The van der Waals surface area contributed by atoms with Gasteiger partial charge in [-0.15, -0.1) is 0 Å². The highest BCUT2D eigenvalue weighted by Gasteiger charge is 2.52. The summed E-state index contributed by atoms with van der Waals surface area (Å²) in [5.41, 5.74) is -2.18. The second-order valence-corrected chi connectivity index (χ2v) is 10.2. The van der Waals surface area contributed by atoms with E-state index in [9.17, 15) is 30.8 Å². The van der Waals surface area contributed by atoms with Crippen molar-refractivity contribution in [2.75, 3.05) is 30.8 Å². The average Bonchev–Trinajstić information content (AvgIpc) is 2.59. The minimum Gasteiger partial charge on any atom is -0.434 e. The summed E-state index contributed by atoms with van der Waals surface area (Å²) in [4.78, 5) is 15.1. The standard InChI is InChI=1S/C19H26F4N2O4S/c1-12(2)15-11-24(13-6-7-14(20)16(10-13)30(5,27)28)8-9-25(15)17(26)29-18(3,4)19(21,22)23/h6-7,10,12,15H,8-9,11H2,1-5H3/t15-/m0/s1. The van der Waals surface area contributed by atoms with Crippen molar-refractivity contribution < 1.29 is 35.5 Å². The van der Waals surface area contributed by atoms with E-state index < -0.39 is 44.5 Å². The van der Waals surface area contributed by atoms with Crippen molar-refractivity contribution >= 4 is 21.6 Å².